The van der Waals surface area contributed by atoms with Gasteiger partial charge in [0.25, 0.3) is 0 Å². The van der Waals surface area contributed by atoms with Crippen molar-refractivity contribution in [3.05, 3.63) is 41.5 Å². The second kappa shape index (κ2) is 9.06. The van der Waals surface area contributed by atoms with Crippen LogP contribution in [-0.4, -0.2) is 37.7 Å². The molecule has 0 unspecified atom stereocenters. The van der Waals surface area contributed by atoms with Crippen LogP contribution in [0.25, 0.3) is 21.9 Å². The molecular weight excluding hydrogens is 454 g/mol. The summed E-state index contributed by atoms with van der Waals surface area (Å²) < 4.78 is 29.5. The Hall–Kier alpha value is -2.87. The smallest absolute Gasteiger partial charge is 0.337 e. The Bertz CT molecular complexity index is 1360. The van der Waals surface area contributed by atoms with Crippen molar-refractivity contribution in [1.82, 2.24) is 0 Å². The van der Waals surface area contributed by atoms with Gasteiger partial charge in [-0.25, -0.2) is 13.2 Å². The number of carboxylic acids is 1. The largest absolute Gasteiger partial charge is 0.478 e. The molecule has 1 saturated carbocycles. The second-order valence-electron chi connectivity index (χ2n) is 9.93. The molecule has 1 aliphatic rings. The molecule has 1 N–H and O–H groups in total. The maximum Gasteiger partial charge on any atom is 0.337 e. The molecule has 1 amide bonds. The molecule has 0 radical (unpaired) electrons. The lowest BCUT2D eigenvalue weighted by molar-refractivity contribution is -0.123. The molecule has 7 nitrogen and oxygen atoms in total. The van der Waals surface area contributed by atoms with Crippen LogP contribution >= 0.6 is 0 Å². The fourth-order valence-electron chi connectivity index (χ4n) is 4.98. The summed E-state index contributed by atoms with van der Waals surface area (Å²) in [4.78, 5) is 27.4. The molecule has 4 rings (SSSR count). The maximum atomic E-state index is 13.6. The Kier molecular flexibility index (Phi) is 6.46. The first-order valence-corrected chi connectivity index (χ1v) is 13.7. The number of fused-ring (bicyclic) bond motifs is 3. The molecule has 0 saturated heterocycles. The lowest BCUT2D eigenvalue weighted by Gasteiger charge is -2.34. The molecule has 8 heteroatoms. The van der Waals surface area contributed by atoms with E-state index >= 15 is 0 Å². The van der Waals surface area contributed by atoms with Gasteiger partial charge in [0.05, 0.1) is 17.0 Å². The second-order valence-corrected chi connectivity index (χ2v) is 12.1. The lowest BCUT2D eigenvalue weighted by atomic mass is 9.82. The Labute approximate surface area is 199 Å². The van der Waals surface area contributed by atoms with E-state index in [1.807, 2.05) is 13.8 Å². The molecule has 1 aliphatic carbocycles. The third kappa shape index (κ3) is 4.82. The number of aromatic carboxylic acids is 1. The number of furan rings is 1. The highest BCUT2D eigenvalue weighted by atomic mass is 32.2. The van der Waals surface area contributed by atoms with Crippen molar-refractivity contribution < 1.29 is 27.5 Å². The predicted molar refractivity (Wildman–Crippen MR) is 133 cm³/mol. The first-order valence-electron chi connectivity index (χ1n) is 11.7. The van der Waals surface area contributed by atoms with Crippen LogP contribution in [0.3, 0.4) is 0 Å². The van der Waals surface area contributed by atoms with E-state index in [1.165, 1.54) is 12.3 Å². The molecular formula is C26H31NO6S. The van der Waals surface area contributed by atoms with E-state index in [-0.39, 0.29) is 29.2 Å². The van der Waals surface area contributed by atoms with Gasteiger partial charge in [-0.3, -0.25) is 4.79 Å². The zero-order chi connectivity index (χ0) is 24.8. The van der Waals surface area contributed by atoms with Crippen LogP contribution < -0.4 is 4.90 Å². The van der Waals surface area contributed by atoms with E-state index in [9.17, 15) is 23.1 Å². The van der Waals surface area contributed by atoms with Crippen molar-refractivity contribution in [2.45, 2.75) is 58.2 Å². The van der Waals surface area contributed by atoms with Crippen LogP contribution in [0.5, 0.6) is 0 Å². The summed E-state index contributed by atoms with van der Waals surface area (Å²) >= 11 is 0. The van der Waals surface area contributed by atoms with E-state index in [1.54, 1.807) is 29.2 Å². The number of anilines is 1. The molecule has 0 atom stereocenters. The number of carboxylic acid groups (broad SMARTS) is 1. The molecule has 1 heterocycles. The van der Waals surface area contributed by atoms with Gasteiger partial charge in [-0.05, 0) is 75.3 Å². The van der Waals surface area contributed by atoms with E-state index in [2.05, 4.69) is 6.92 Å². The summed E-state index contributed by atoms with van der Waals surface area (Å²) in [5, 5.41) is 11.3. The van der Waals surface area contributed by atoms with Crippen molar-refractivity contribution in [2.24, 2.45) is 11.8 Å². The Morgan fingerprint density at radius 2 is 1.71 bits per heavy atom. The zero-order valence-electron chi connectivity index (χ0n) is 20.0. The number of carbonyl (C=O) groups is 2. The Morgan fingerprint density at radius 3 is 2.29 bits per heavy atom. The first kappa shape index (κ1) is 24.3. The van der Waals surface area contributed by atoms with Gasteiger partial charge >= 0.3 is 5.97 Å². The van der Waals surface area contributed by atoms with E-state index in [4.69, 9.17) is 4.42 Å². The number of amides is 1. The van der Waals surface area contributed by atoms with E-state index in [0.717, 1.165) is 25.7 Å². The number of hydrogen-bond donors (Lipinski definition) is 1. The van der Waals surface area contributed by atoms with Gasteiger partial charge in [-0.1, -0.05) is 13.0 Å². The van der Waals surface area contributed by atoms with Crippen LogP contribution in [-0.2, 0) is 20.4 Å². The highest BCUT2D eigenvalue weighted by Gasteiger charge is 2.33. The average Bonchev–Trinajstić information content (AvgIpc) is 3.09. The van der Waals surface area contributed by atoms with Crippen molar-refractivity contribution in [1.29, 1.82) is 0 Å². The van der Waals surface area contributed by atoms with Gasteiger partial charge in [0.1, 0.15) is 11.2 Å². The Balaban J connectivity index is 1.87. The zero-order valence-corrected chi connectivity index (χ0v) is 20.8. The standard InChI is InChI=1S/C26H31NO6S/c1-15(2)27(25(28)18-8-5-16(3)6-9-18)22-12-20-19-11-17(14-34(4,31)32)7-10-23(19)33-24(20)13-21(22)26(29)30/h7,10-13,15-16,18H,5-6,8-9,14H2,1-4H3,(H,29,30)/t16-,18-. The van der Waals surface area contributed by atoms with Crippen LogP contribution in [0.15, 0.2) is 34.7 Å². The molecule has 0 bridgehead atoms. The van der Waals surface area contributed by atoms with E-state index in [0.29, 0.717) is 39.1 Å². The topological polar surface area (TPSA) is 105 Å². The van der Waals surface area contributed by atoms with Crippen LogP contribution in [0.4, 0.5) is 5.69 Å². The number of benzene rings is 2. The minimum atomic E-state index is -3.22. The highest BCUT2D eigenvalue weighted by Crippen LogP contribution is 2.38. The molecule has 2 aromatic carbocycles. The third-order valence-electron chi connectivity index (χ3n) is 6.69. The predicted octanol–water partition coefficient (Wildman–Crippen LogP) is 5.40. The quantitative estimate of drug-likeness (QED) is 0.501. The average molecular weight is 486 g/mol. The normalized spacial score (nSPS) is 19.1. The summed E-state index contributed by atoms with van der Waals surface area (Å²) in [7, 11) is -3.22. The fraction of sp³-hybridized carbons (Fsp3) is 0.462. The summed E-state index contributed by atoms with van der Waals surface area (Å²) in [6.07, 6.45) is 4.76. The van der Waals surface area contributed by atoms with Crippen molar-refractivity contribution in [3.8, 4) is 0 Å². The molecule has 0 spiro atoms. The molecule has 0 aliphatic heterocycles. The minimum absolute atomic E-state index is 0.00847. The van der Waals surface area contributed by atoms with Gasteiger partial charge < -0.3 is 14.4 Å². The van der Waals surface area contributed by atoms with Crippen molar-refractivity contribution in [3.63, 3.8) is 0 Å². The summed E-state index contributed by atoms with van der Waals surface area (Å²) in [5.74, 6) is -0.814. The van der Waals surface area contributed by atoms with Crippen molar-refractivity contribution >= 4 is 49.3 Å². The van der Waals surface area contributed by atoms with Gasteiger partial charge in [-0.2, -0.15) is 0 Å². The molecule has 182 valence electrons. The molecule has 1 fully saturated rings. The molecule has 3 aromatic rings. The number of nitrogens with zero attached hydrogens (tertiary/aromatic N) is 1. The van der Waals surface area contributed by atoms with Gasteiger partial charge in [-0.15, -0.1) is 0 Å². The highest BCUT2D eigenvalue weighted by molar-refractivity contribution is 7.89. The first-order chi connectivity index (χ1) is 15.9. The summed E-state index contributed by atoms with van der Waals surface area (Å²) in [5.41, 5.74) is 1.89. The summed E-state index contributed by atoms with van der Waals surface area (Å²) in [6, 6.07) is 8.09. The number of hydrogen-bond acceptors (Lipinski definition) is 5. The third-order valence-corrected chi connectivity index (χ3v) is 7.55. The molecule has 34 heavy (non-hydrogen) atoms. The summed E-state index contributed by atoms with van der Waals surface area (Å²) in [6.45, 7) is 5.97. The number of carbonyl (C=O) groups excluding carboxylic acids is 1. The number of rotatable bonds is 6. The SMILES string of the molecule is CC(C)N(c1cc2c(cc1C(=O)O)oc1ccc(CS(C)(=O)=O)cc12)C(=O)[C@H]1CC[C@H](C)CC1. The van der Waals surface area contributed by atoms with Crippen molar-refractivity contribution in [2.75, 3.05) is 11.2 Å². The van der Waals surface area contributed by atoms with Crippen LogP contribution in [0.1, 0.15) is 62.4 Å². The lowest BCUT2D eigenvalue weighted by Crippen LogP contribution is -2.42. The minimum Gasteiger partial charge on any atom is -0.478 e. The molecule has 1 aromatic heterocycles. The van der Waals surface area contributed by atoms with Crippen LogP contribution in [0, 0.1) is 11.8 Å². The monoisotopic (exact) mass is 485 g/mol. The fourth-order valence-corrected chi connectivity index (χ4v) is 5.76. The maximum absolute atomic E-state index is 13.6. The van der Waals surface area contributed by atoms with Crippen LogP contribution in [0.2, 0.25) is 0 Å². The Morgan fingerprint density at radius 1 is 1.06 bits per heavy atom. The van der Waals surface area contributed by atoms with Gasteiger partial charge in [0.15, 0.2) is 9.84 Å². The van der Waals surface area contributed by atoms with E-state index < -0.39 is 15.8 Å². The van der Waals surface area contributed by atoms with Gasteiger partial charge in [0, 0.05) is 29.0 Å². The number of sulfone groups is 1. The van der Waals surface area contributed by atoms with Gasteiger partial charge in [0.2, 0.25) is 5.91 Å².